The van der Waals surface area contributed by atoms with Gasteiger partial charge in [-0.25, -0.2) is 4.98 Å². The molecular formula is C24H27ClF3N2O2SU-. The number of nitrogens with zero attached hydrogens (tertiary/aromatic N) is 2. The minimum Gasteiger partial charge on any atom is -0.375 e. The Labute approximate surface area is 231 Å². The van der Waals surface area contributed by atoms with Crippen LogP contribution in [-0.4, -0.2) is 42.9 Å². The Morgan fingerprint density at radius 3 is 2.44 bits per heavy atom. The van der Waals surface area contributed by atoms with Gasteiger partial charge in [0.05, 0.1) is 39.8 Å². The molecule has 0 spiro atoms. The summed E-state index contributed by atoms with van der Waals surface area (Å²) >= 11 is 7.04. The fourth-order valence-corrected chi connectivity index (χ4v) is 4.11. The van der Waals surface area contributed by atoms with Gasteiger partial charge in [0.25, 0.3) is 0 Å². The number of ketones is 1. The average Bonchev–Trinajstić information content (AvgIpc) is 3.09. The third-order valence-electron chi connectivity index (χ3n) is 4.54. The summed E-state index contributed by atoms with van der Waals surface area (Å²) in [7, 11) is 3.82. The van der Waals surface area contributed by atoms with E-state index in [1.54, 1.807) is 19.1 Å². The summed E-state index contributed by atoms with van der Waals surface area (Å²) in [6.45, 7) is 6.81. The van der Waals surface area contributed by atoms with Crippen LogP contribution >= 0.6 is 22.9 Å². The number of likely N-dealkylation sites (N-methyl/N-ethyl adjacent to an activating group) is 1. The maximum Gasteiger partial charge on any atom is 0.416 e. The van der Waals surface area contributed by atoms with Crippen LogP contribution < -0.4 is 0 Å². The molecule has 0 saturated heterocycles. The third kappa shape index (κ3) is 9.60. The number of aryl methyl sites for hydroxylation is 2. The molecule has 3 rings (SSSR count). The summed E-state index contributed by atoms with van der Waals surface area (Å²) in [5.74, 6) is 0.0839. The normalized spacial score (nSPS) is 11.2. The zero-order valence-electron chi connectivity index (χ0n) is 19.8. The van der Waals surface area contributed by atoms with Gasteiger partial charge in [0.15, 0.2) is 0 Å². The molecule has 3 aromatic rings. The van der Waals surface area contributed by atoms with Crippen LogP contribution in [0.3, 0.4) is 0 Å². The quantitative estimate of drug-likeness (QED) is 0.153. The largest absolute Gasteiger partial charge is 0.416 e. The van der Waals surface area contributed by atoms with Crippen LogP contribution in [0.4, 0.5) is 13.2 Å². The number of hydrogen-bond acceptors (Lipinski definition) is 5. The molecule has 184 valence electrons. The summed E-state index contributed by atoms with van der Waals surface area (Å²) in [5.41, 5.74) is 1.94. The van der Waals surface area contributed by atoms with Crippen molar-refractivity contribution in [3.8, 4) is 0 Å². The van der Waals surface area contributed by atoms with Gasteiger partial charge in [0.2, 0.25) is 0 Å². The number of Topliss-reactive ketones (excluding diaryl/α,β-unsaturated/α-hetero) is 1. The minimum absolute atomic E-state index is 0. The first kappa shape index (κ1) is 31.1. The Morgan fingerprint density at radius 1 is 1.21 bits per heavy atom. The second-order valence-electron chi connectivity index (χ2n) is 7.74. The summed E-state index contributed by atoms with van der Waals surface area (Å²) in [4.78, 5) is 17.5. The van der Waals surface area contributed by atoms with Gasteiger partial charge in [0.1, 0.15) is 0 Å². The molecule has 0 unspecified atom stereocenters. The van der Waals surface area contributed by atoms with E-state index in [9.17, 15) is 18.0 Å². The van der Waals surface area contributed by atoms with Crippen molar-refractivity contribution in [1.29, 1.82) is 0 Å². The Hall–Kier alpha value is -0.948. The van der Waals surface area contributed by atoms with E-state index in [4.69, 9.17) is 16.3 Å². The molecule has 0 N–H and O–H groups in total. The molecule has 34 heavy (non-hydrogen) atoms. The predicted molar refractivity (Wildman–Crippen MR) is 127 cm³/mol. The van der Waals surface area contributed by atoms with Crippen LogP contribution in [0.15, 0.2) is 24.3 Å². The van der Waals surface area contributed by atoms with E-state index in [1.807, 2.05) is 32.8 Å². The van der Waals surface area contributed by atoms with Crippen molar-refractivity contribution in [3.05, 3.63) is 62.6 Å². The molecule has 0 radical (unpaired) electrons. The van der Waals surface area contributed by atoms with E-state index in [-0.39, 0.29) is 43.5 Å². The minimum atomic E-state index is -4.36. The average molecular weight is 738 g/mol. The molecule has 0 aliphatic heterocycles. The molecule has 0 aliphatic rings. The second kappa shape index (κ2) is 14.0. The smallest absolute Gasteiger partial charge is 0.375 e. The predicted octanol–water partition coefficient (Wildman–Crippen LogP) is 6.74. The maximum atomic E-state index is 12.9. The number of ether oxygens (including phenoxy) is 1. The summed E-state index contributed by atoms with van der Waals surface area (Å²) < 4.78 is 44.8. The van der Waals surface area contributed by atoms with Crippen molar-refractivity contribution < 1.29 is 53.8 Å². The molecule has 2 aromatic carbocycles. The number of thiazole rings is 1. The van der Waals surface area contributed by atoms with Crippen LogP contribution in [-0.2, 0) is 17.5 Å². The van der Waals surface area contributed by atoms with Gasteiger partial charge in [-0.3, -0.25) is 0 Å². The molecule has 0 fully saturated rings. The topological polar surface area (TPSA) is 42.4 Å². The van der Waals surface area contributed by atoms with Crippen molar-refractivity contribution >= 4 is 38.9 Å². The Morgan fingerprint density at radius 2 is 1.88 bits per heavy atom. The van der Waals surface area contributed by atoms with E-state index in [0.29, 0.717) is 39.4 Å². The SMILES string of the molecule is CCC(=O)c1[c-]c(C)cc(Cl)c1.Cc1nc2c(COCCN(C)C)cc(C(F)(F)F)cc2s1.[U]. The second-order valence-corrected chi connectivity index (χ2v) is 9.41. The monoisotopic (exact) mass is 737 g/mol. The Kier molecular flexibility index (Phi) is 12.8. The molecular weight excluding hydrogens is 711 g/mol. The van der Waals surface area contributed by atoms with Gasteiger partial charge >= 0.3 is 6.18 Å². The molecule has 10 heteroatoms. The van der Waals surface area contributed by atoms with Crippen LogP contribution in [0, 0.1) is 51.0 Å². The number of fused-ring (bicyclic) bond motifs is 1. The molecule has 4 nitrogen and oxygen atoms in total. The number of hydrogen-bond donors (Lipinski definition) is 0. The molecule has 0 aliphatic carbocycles. The number of rotatable bonds is 7. The van der Waals surface area contributed by atoms with Crippen molar-refractivity contribution in [2.45, 2.75) is 40.0 Å². The van der Waals surface area contributed by atoms with Crippen LogP contribution in [0.25, 0.3) is 10.2 Å². The van der Waals surface area contributed by atoms with Gasteiger partial charge in [-0.1, -0.05) is 13.8 Å². The van der Waals surface area contributed by atoms with Gasteiger partial charge < -0.3 is 14.4 Å². The van der Waals surface area contributed by atoms with E-state index < -0.39 is 11.7 Å². The number of aromatic nitrogens is 1. The Bertz CT molecular complexity index is 1080. The molecule has 1 heterocycles. The number of halogens is 4. The fourth-order valence-electron chi connectivity index (χ4n) is 2.92. The maximum absolute atomic E-state index is 12.9. The first-order valence-corrected chi connectivity index (χ1v) is 11.5. The number of benzene rings is 2. The number of alkyl halides is 3. The summed E-state index contributed by atoms with van der Waals surface area (Å²) in [5, 5.41) is 1.35. The van der Waals surface area contributed by atoms with Gasteiger partial charge in [-0.15, -0.1) is 52.3 Å². The first-order valence-electron chi connectivity index (χ1n) is 10.3. The van der Waals surface area contributed by atoms with Crippen LogP contribution in [0.2, 0.25) is 5.02 Å². The van der Waals surface area contributed by atoms with Crippen LogP contribution in [0.1, 0.15) is 45.4 Å². The molecule has 0 bridgehead atoms. The summed E-state index contributed by atoms with van der Waals surface area (Å²) in [6, 6.07) is 8.70. The van der Waals surface area contributed by atoms with Gasteiger partial charge in [-0.05, 0) is 44.6 Å². The van der Waals surface area contributed by atoms with E-state index in [0.717, 1.165) is 29.2 Å². The zero-order valence-corrected chi connectivity index (χ0v) is 25.5. The van der Waals surface area contributed by atoms with Crippen molar-refractivity contribution in [1.82, 2.24) is 9.88 Å². The van der Waals surface area contributed by atoms with Crippen molar-refractivity contribution in [2.75, 3.05) is 27.2 Å². The zero-order chi connectivity index (χ0) is 24.8. The number of carbonyl (C=O) groups excluding carboxylic acids is 1. The fraction of sp³-hybridized carbons (Fsp3) is 0.417. The first-order chi connectivity index (χ1) is 15.4. The van der Waals surface area contributed by atoms with Crippen molar-refractivity contribution in [2.24, 2.45) is 0 Å². The van der Waals surface area contributed by atoms with Crippen molar-refractivity contribution in [3.63, 3.8) is 0 Å². The summed E-state index contributed by atoms with van der Waals surface area (Å²) in [6.07, 6.45) is -3.86. The molecule has 0 atom stereocenters. The Balaban J connectivity index is 0.000000380. The van der Waals surface area contributed by atoms with E-state index >= 15 is 0 Å². The third-order valence-corrected chi connectivity index (χ3v) is 5.67. The van der Waals surface area contributed by atoms with E-state index in [1.165, 1.54) is 11.3 Å². The number of carbonyl (C=O) groups is 1. The molecule has 1 aromatic heterocycles. The van der Waals surface area contributed by atoms with Gasteiger partial charge in [0, 0.05) is 43.2 Å². The van der Waals surface area contributed by atoms with Crippen LogP contribution in [0.5, 0.6) is 0 Å². The molecule has 0 saturated carbocycles. The molecule has 0 amide bonds. The van der Waals surface area contributed by atoms with Gasteiger partial charge in [-0.2, -0.15) is 13.2 Å². The van der Waals surface area contributed by atoms with E-state index in [2.05, 4.69) is 11.1 Å². The standard InChI is InChI=1S/C14H17F3N2OS.C10H10ClO.U/c1-9-18-13-10(8-20-5-4-19(2)3)6-11(14(15,16)17)7-12(13)21-9;1-3-10(12)8-4-7(2)5-9(11)6-8;/h6-7H,4-5,8H2,1-3H3;5-6H,3H2,1-2H3;/q;-1;.